The van der Waals surface area contributed by atoms with Crippen molar-refractivity contribution >= 4 is 5.78 Å². The molecule has 116 valence electrons. The molecule has 0 aromatic carbocycles. The standard InChI is InChI=1S/C19H28O2/c1-6-8-15(7-2)12-18(20)19(21)17-11-14(5)9-10-16(17)13(3)4/h7,11-12,16-17,20H,3,6,8-10H2,1-2,4-5H3/b15-7-,18-12+/t16?,17-/m1/s1. The highest BCUT2D eigenvalue weighted by Gasteiger charge is 2.31. The minimum atomic E-state index is -0.271. The largest absolute Gasteiger partial charge is 0.504 e. The van der Waals surface area contributed by atoms with Crippen molar-refractivity contribution in [3.8, 4) is 0 Å². The van der Waals surface area contributed by atoms with E-state index in [-0.39, 0.29) is 23.4 Å². The highest BCUT2D eigenvalue weighted by atomic mass is 16.3. The molecule has 2 atom stereocenters. The third kappa shape index (κ3) is 4.73. The van der Waals surface area contributed by atoms with E-state index in [1.54, 1.807) is 6.08 Å². The van der Waals surface area contributed by atoms with Gasteiger partial charge in [-0.25, -0.2) is 0 Å². The highest BCUT2D eigenvalue weighted by molar-refractivity contribution is 5.97. The SMILES string of the molecule is C=C(C)C1CCC(C)=C[C@H]1C(=O)/C(O)=C\C(=C/C)CCC. The monoisotopic (exact) mass is 288 g/mol. The minimum absolute atomic E-state index is 0.126. The molecule has 1 aliphatic rings. The van der Waals surface area contributed by atoms with Crippen LogP contribution < -0.4 is 0 Å². The van der Waals surface area contributed by atoms with Gasteiger partial charge in [-0.1, -0.05) is 43.2 Å². The molecule has 0 spiro atoms. The minimum Gasteiger partial charge on any atom is -0.504 e. The van der Waals surface area contributed by atoms with Crippen LogP contribution in [0.25, 0.3) is 0 Å². The van der Waals surface area contributed by atoms with Crippen molar-refractivity contribution < 1.29 is 9.90 Å². The Bertz CT molecular complexity index is 492. The first-order chi connectivity index (χ1) is 9.90. The topological polar surface area (TPSA) is 37.3 Å². The van der Waals surface area contributed by atoms with E-state index in [1.807, 2.05) is 32.9 Å². The van der Waals surface area contributed by atoms with Crippen LogP contribution in [0.1, 0.15) is 53.4 Å². The number of Topliss-reactive ketones (excluding diaryl/α,β-unsaturated/α-hetero) is 1. The van der Waals surface area contributed by atoms with E-state index in [0.717, 1.165) is 36.8 Å². The van der Waals surface area contributed by atoms with E-state index in [1.165, 1.54) is 5.57 Å². The molecule has 1 rings (SSSR count). The van der Waals surface area contributed by atoms with E-state index < -0.39 is 0 Å². The first kappa shape index (κ1) is 17.5. The molecule has 21 heavy (non-hydrogen) atoms. The third-order valence-corrected chi connectivity index (χ3v) is 4.17. The molecule has 0 saturated heterocycles. The molecule has 0 fully saturated rings. The summed E-state index contributed by atoms with van der Waals surface area (Å²) in [4.78, 5) is 12.6. The van der Waals surface area contributed by atoms with Crippen LogP contribution >= 0.6 is 0 Å². The summed E-state index contributed by atoms with van der Waals surface area (Å²) in [6.45, 7) is 12.0. The number of carbonyl (C=O) groups is 1. The van der Waals surface area contributed by atoms with Crippen LogP contribution in [-0.2, 0) is 4.79 Å². The van der Waals surface area contributed by atoms with Crippen LogP contribution in [0, 0.1) is 11.8 Å². The van der Waals surface area contributed by atoms with Crippen molar-refractivity contribution in [1.29, 1.82) is 0 Å². The number of hydrogen-bond donors (Lipinski definition) is 1. The molecule has 0 aromatic rings. The Morgan fingerprint density at radius 2 is 2.19 bits per heavy atom. The molecular formula is C19H28O2. The number of allylic oxidation sites excluding steroid dienone is 7. The second-order valence-electron chi connectivity index (χ2n) is 6.04. The molecule has 0 saturated carbocycles. The molecule has 0 aromatic heterocycles. The normalized spacial score (nSPS) is 23.7. The van der Waals surface area contributed by atoms with Gasteiger partial charge in [-0.15, -0.1) is 0 Å². The predicted molar refractivity (Wildman–Crippen MR) is 89.2 cm³/mol. The number of rotatable bonds is 6. The zero-order valence-corrected chi connectivity index (χ0v) is 13.8. The van der Waals surface area contributed by atoms with Gasteiger partial charge < -0.3 is 5.11 Å². The van der Waals surface area contributed by atoms with Gasteiger partial charge in [-0.2, -0.15) is 0 Å². The summed E-state index contributed by atoms with van der Waals surface area (Å²) >= 11 is 0. The number of ketones is 1. The van der Waals surface area contributed by atoms with Crippen LogP contribution in [0.2, 0.25) is 0 Å². The Balaban J connectivity index is 3.01. The van der Waals surface area contributed by atoms with Gasteiger partial charge in [-0.3, -0.25) is 4.79 Å². The van der Waals surface area contributed by atoms with Crippen molar-refractivity contribution in [1.82, 2.24) is 0 Å². The fraction of sp³-hybridized carbons (Fsp3) is 0.526. The van der Waals surface area contributed by atoms with Gasteiger partial charge in [0.15, 0.2) is 5.76 Å². The van der Waals surface area contributed by atoms with Crippen molar-refractivity contribution in [2.75, 3.05) is 0 Å². The lowest BCUT2D eigenvalue weighted by atomic mass is 9.75. The third-order valence-electron chi connectivity index (χ3n) is 4.17. The fourth-order valence-corrected chi connectivity index (χ4v) is 2.89. The fourth-order valence-electron chi connectivity index (χ4n) is 2.89. The maximum Gasteiger partial charge on any atom is 0.204 e. The second-order valence-corrected chi connectivity index (χ2v) is 6.04. The molecule has 0 bridgehead atoms. The summed E-state index contributed by atoms with van der Waals surface area (Å²) in [5.74, 6) is -0.444. The molecule has 2 nitrogen and oxygen atoms in total. The predicted octanol–water partition coefficient (Wildman–Crippen LogP) is 5.29. The lowest BCUT2D eigenvalue weighted by molar-refractivity contribution is -0.121. The van der Waals surface area contributed by atoms with Gasteiger partial charge in [0.25, 0.3) is 0 Å². The highest BCUT2D eigenvalue weighted by Crippen LogP contribution is 2.34. The van der Waals surface area contributed by atoms with Crippen molar-refractivity contribution in [2.45, 2.75) is 53.4 Å². The van der Waals surface area contributed by atoms with Crippen molar-refractivity contribution in [3.63, 3.8) is 0 Å². The quantitative estimate of drug-likeness (QED) is 0.312. The second kappa shape index (κ2) is 8.02. The van der Waals surface area contributed by atoms with E-state index in [9.17, 15) is 9.90 Å². The summed E-state index contributed by atoms with van der Waals surface area (Å²) in [7, 11) is 0. The first-order valence-corrected chi connectivity index (χ1v) is 7.83. The zero-order valence-electron chi connectivity index (χ0n) is 13.8. The van der Waals surface area contributed by atoms with E-state index in [2.05, 4.69) is 13.5 Å². The maximum absolute atomic E-state index is 12.6. The molecule has 0 heterocycles. The van der Waals surface area contributed by atoms with Gasteiger partial charge in [0, 0.05) is 0 Å². The summed E-state index contributed by atoms with van der Waals surface area (Å²) < 4.78 is 0. The van der Waals surface area contributed by atoms with E-state index >= 15 is 0 Å². The number of hydrogen-bond acceptors (Lipinski definition) is 2. The maximum atomic E-state index is 12.6. The molecular weight excluding hydrogens is 260 g/mol. The Labute approximate surface area is 128 Å². The number of carbonyl (C=O) groups excluding carboxylic acids is 1. The molecule has 2 heteroatoms. The average molecular weight is 288 g/mol. The Morgan fingerprint density at radius 3 is 2.71 bits per heavy atom. The smallest absolute Gasteiger partial charge is 0.204 e. The van der Waals surface area contributed by atoms with Gasteiger partial charge >= 0.3 is 0 Å². The van der Waals surface area contributed by atoms with Gasteiger partial charge in [0.05, 0.1) is 5.92 Å². The molecule has 1 aliphatic carbocycles. The summed E-state index contributed by atoms with van der Waals surface area (Å²) in [6.07, 6.45) is 9.38. The summed E-state index contributed by atoms with van der Waals surface area (Å²) in [5.41, 5.74) is 3.25. The molecule has 1 unspecified atom stereocenters. The van der Waals surface area contributed by atoms with Gasteiger partial charge in [-0.05, 0) is 57.6 Å². The summed E-state index contributed by atoms with van der Waals surface area (Å²) in [6, 6.07) is 0. The first-order valence-electron chi connectivity index (χ1n) is 7.83. The van der Waals surface area contributed by atoms with Crippen LogP contribution in [0.5, 0.6) is 0 Å². The number of aliphatic hydroxyl groups excluding tert-OH is 1. The van der Waals surface area contributed by atoms with Gasteiger partial charge in [0.2, 0.25) is 5.78 Å². The Morgan fingerprint density at radius 1 is 1.52 bits per heavy atom. The lowest BCUT2D eigenvalue weighted by Crippen LogP contribution is -2.27. The summed E-state index contributed by atoms with van der Waals surface area (Å²) in [5, 5.41) is 10.2. The average Bonchev–Trinajstić information content (AvgIpc) is 2.45. The molecule has 0 radical (unpaired) electrons. The van der Waals surface area contributed by atoms with Crippen LogP contribution in [0.4, 0.5) is 0 Å². The van der Waals surface area contributed by atoms with Crippen molar-refractivity contribution in [3.05, 3.63) is 47.3 Å². The van der Waals surface area contributed by atoms with E-state index in [0.29, 0.717) is 0 Å². The van der Waals surface area contributed by atoms with Crippen LogP contribution in [-0.4, -0.2) is 10.9 Å². The van der Waals surface area contributed by atoms with Gasteiger partial charge in [0.1, 0.15) is 0 Å². The molecule has 0 amide bonds. The molecule has 0 aliphatic heterocycles. The van der Waals surface area contributed by atoms with E-state index in [4.69, 9.17) is 0 Å². The van der Waals surface area contributed by atoms with Crippen LogP contribution in [0.15, 0.2) is 47.3 Å². The van der Waals surface area contributed by atoms with Crippen LogP contribution in [0.3, 0.4) is 0 Å². The zero-order chi connectivity index (χ0) is 16.0. The Hall–Kier alpha value is -1.57. The lowest BCUT2D eigenvalue weighted by Gasteiger charge is -2.28. The Kier molecular flexibility index (Phi) is 6.67. The van der Waals surface area contributed by atoms with Crippen molar-refractivity contribution in [2.24, 2.45) is 11.8 Å². The molecule has 1 N–H and O–H groups in total. The number of aliphatic hydroxyl groups is 1.